The summed E-state index contributed by atoms with van der Waals surface area (Å²) < 4.78 is 51.8. The van der Waals surface area contributed by atoms with Gasteiger partial charge in [-0.05, 0) is 49.9 Å². The molecule has 1 aliphatic rings. The number of piperidine rings is 1. The van der Waals surface area contributed by atoms with E-state index >= 15 is 0 Å². The molecule has 1 fully saturated rings. The summed E-state index contributed by atoms with van der Waals surface area (Å²) in [5.74, 6) is -1.58. The molecule has 1 aromatic rings. The van der Waals surface area contributed by atoms with Crippen LogP contribution in [0.2, 0.25) is 0 Å². The smallest absolute Gasteiger partial charge is 0.371 e. The highest BCUT2D eigenvalue weighted by molar-refractivity contribution is 5.57. The number of anilines is 1. The van der Waals surface area contributed by atoms with E-state index in [1.54, 1.807) is 19.9 Å². The number of nitrogens with two attached hydrogens (primary N) is 1. The lowest BCUT2D eigenvalue weighted by molar-refractivity contribution is -0.179. The molecule has 0 saturated carbocycles. The summed E-state index contributed by atoms with van der Waals surface area (Å²) in [5, 5.41) is 0. The van der Waals surface area contributed by atoms with Crippen molar-refractivity contribution < 1.29 is 17.6 Å². The van der Waals surface area contributed by atoms with Crippen molar-refractivity contribution in [2.24, 2.45) is 11.7 Å². The third-order valence-corrected chi connectivity index (χ3v) is 4.10. The highest BCUT2D eigenvalue weighted by Gasteiger charge is 2.41. The SMILES string of the molecule is Cc1cc(N2CCC(C(F)(F)F)CC2)c(C(C)N)cc1F. The van der Waals surface area contributed by atoms with Crippen molar-refractivity contribution in [3.8, 4) is 0 Å². The lowest BCUT2D eigenvalue weighted by Gasteiger charge is -2.36. The van der Waals surface area contributed by atoms with Gasteiger partial charge in [-0.25, -0.2) is 4.39 Å². The van der Waals surface area contributed by atoms with Crippen LogP contribution in [0.15, 0.2) is 12.1 Å². The van der Waals surface area contributed by atoms with Crippen LogP contribution in [0.1, 0.15) is 36.9 Å². The summed E-state index contributed by atoms with van der Waals surface area (Å²) in [6.45, 7) is 4.02. The van der Waals surface area contributed by atoms with Crippen molar-refractivity contribution >= 4 is 5.69 Å². The fourth-order valence-corrected chi connectivity index (χ4v) is 2.77. The zero-order valence-corrected chi connectivity index (χ0v) is 12.2. The maximum absolute atomic E-state index is 13.7. The van der Waals surface area contributed by atoms with Crippen molar-refractivity contribution in [3.05, 3.63) is 29.1 Å². The number of rotatable bonds is 2. The normalized spacial score (nSPS) is 18.9. The Balaban J connectivity index is 2.22. The van der Waals surface area contributed by atoms with Gasteiger partial charge in [0.1, 0.15) is 5.82 Å². The molecule has 1 atom stereocenters. The van der Waals surface area contributed by atoms with E-state index in [2.05, 4.69) is 0 Å². The molecular formula is C15H20F4N2. The summed E-state index contributed by atoms with van der Waals surface area (Å²) in [7, 11) is 0. The Morgan fingerprint density at radius 1 is 1.24 bits per heavy atom. The van der Waals surface area contributed by atoms with Crippen LogP contribution in [-0.2, 0) is 0 Å². The van der Waals surface area contributed by atoms with Gasteiger partial charge in [0.2, 0.25) is 0 Å². The standard InChI is InChI=1S/C15H20F4N2/c1-9-7-14(12(10(2)20)8-13(9)16)21-5-3-11(4-6-21)15(17,18)19/h7-8,10-11H,3-6,20H2,1-2H3. The third kappa shape index (κ3) is 3.48. The quantitative estimate of drug-likeness (QED) is 0.839. The van der Waals surface area contributed by atoms with Gasteiger partial charge in [-0.1, -0.05) is 0 Å². The summed E-state index contributed by atoms with van der Waals surface area (Å²) in [5.41, 5.74) is 7.74. The molecule has 2 nitrogen and oxygen atoms in total. The Hall–Kier alpha value is -1.30. The Bertz CT molecular complexity index is 503. The second-order valence-electron chi connectivity index (χ2n) is 5.75. The van der Waals surface area contributed by atoms with E-state index in [4.69, 9.17) is 5.73 Å². The molecule has 21 heavy (non-hydrogen) atoms. The van der Waals surface area contributed by atoms with Gasteiger partial charge in [0.05, 0.1) is 5.92 Å². The topological polar surface area (TPSA) is 29.3 Å². The molecule has 0 aliphatic carbocycles. The second kappa shape index (κ2) is 5.83. The second-order valence-corrected chi connectivity index (χ2v) is 5.75. The number of alkyl halides is 3. The monoisotopic (exact) mass is 304 g/mol. The summed E-state index contributed by atoms with van der Waals surface area (Å²) >= 11 is 0. The van der Waals surface area contributed by atoms with E-state index in [0.717, 1.165) is 5.69 Å². The van der Waals surface area contributed by atoms with E-state index in [1.807, 2.05) is 4.90 Å². The molecule has 1 heterocycles. The first-order chi connectivity index (χ1) is 9.70. The van der Waals surface area contributed by atoms with Crippen LogP contribution in [0.25, 0.3) is 0 Å². The molecule has 6 heteroatoms. The Labute approximate surface area is 121 Å². The first-order valence-electron chi connectivity index (χ1n) is 7.07. The molecule has 1 saturated heterocycles. The molecule has 118 valence electrons. The minimum atomic E-state index is -4.13. The molecule has 0 radical (unpaired) electrons. The highest BCUT2D eigenvalue weighted by Crippen LogP contribution is 2.37. The number of hydrogen-bond donors (Lipinski definition) is 1. The fourth-order valence-electron chi connectivity index (χ4n) is 2.77. The van der Waals surface area contributed by atoms with Crippen molar-refractivity contribution in [2.45, 2.75) is 38.9 Å². The van der Waals surface area contributed by atoms with Gasteiger partial charge in [0.25, 0.3) is 0 Å². The Kier molecular flexibility index (Phi) is 4.46. The van der Waals surface area contributed by atoms with Crippen molar-refractivity contribution in [1.29, 1.82) is 0 Å². The molecular weight excluding hydrogens is 284 g/mol. The predicted octanol–water partition coefficient (Wildman–Crippen LogP) is 3.93. The molecule has 0 aromatic heterocycles. The van der Waals surface area contributed by atoms with Gasteiger partial charge in [-0.2, -0.15) is 13.2 Å². The van der Waals surface area contributed by atoms with E-state index in [9.17, 15) is 17.6 Å². The van der Waals surface area contributed by atoms with Crippen LogP contribution in [0.3, 0.4) is 0 Å². The van der Waals surface area contributed by atoms with Crippen LogP contribution in [-0.4, -0.2) is 19.3 Å². The number of halogens is 4. The first kappa shape index (κ1) is 16.1. The average Bonchev–Trinajstić information content (AvgIpc) is 2.40. The first-order valence-corrected chi connectivity index (χ1v) is 7.07. The Morgan fingerprint density at radius 2 is 1.81 bits per heavy atom. The third-order valence-electron chi connectivity index (χ3n) is 4.10. The van der Waals surface area contributed by atoms with Crippen LogP contribution < -0.4 is 10.6 Å². The van der Waals surface area contributed by atoms with Crippen molar-refractivity contribution in [2.75, 3.05) is 18.0 Å². The molecule has 0 amide bonds. The van der Waals surface area contributed by atoms with Gasteiger partial charge in [0.15, 0.2) is 0 Å². The van der Waals surface area contributed by atoms with Gasteiger partial charge >= 0.3 is 6.18 Å². The van der Waals surface area contributed by atoms with Gasteiger partial charge in [0, 0.05) is 24.8 Å². The molecule has 1 aliphatic heterocycles. The van der Waals surface area contributed by atoms with E-state index in [1.165, 1.54) is 6.07 Å². The Morgan fingerprint density at radius 3 is 2.29 bits per heavy atom. The molecule has 0 bridgehead atoms. The van der Waals surface area contributed by atoms with Gasteiger partial charge in [-0.3, -0.25) is 0 Å². The lowest BCUT2D eigenvalue weighted by atomic mass is 9.94. The number of hydrogen-bond acceptors (Lipinski definition) is 2. The fraction of sp³-hybridized carbons (Fsp3) is 0.600. The number of benzene rings is 1. The van der Waals surface area contributed by atoms with Crippen LogP contribution in [0.5, 0.6) is 0 Å². The summed E-state index contributed by atoms with van der Waals surface area (Å²) in [6, 6.07) is 2.71. The maximum atomic E-state index is 13.7. The lowest BCUT2D eigenvalue weighted by Crippen LogP contribution is -2.39. The number of nitrogens with zero attached hydrogens (tertiary/aromatic N) is 1. The minimum absolute atomic E-state index is 0.0678. The van der Waals surface area contributed by atoms with E-state index < -0.39 is 12.1 Å². The summed E-state index contributed by atoms with van der Waals surface area (Å²) in [4.78, 5) is 1.88. The maximum Gasteiger partial charge on any atom is 0.391 e. The minimum Gasteiger partial charge on any atom is -0.371 e. The molecule has 1 unspecified atom stereocenters. The zero-order chi connectivity index (χ0) is 15.8. The largest absolute Gasteiger partial charge is 0.391 e. The van der Waals surface area contributed by atoms with E-state index in [-0.39, 0.29) is 24.7 Å². The average molecular weight is 304 g/mol. The molecule has 2 rings (SSSR count). The predicted molar refractivity (Wildman–Crippen MR) is 74.7 cm³/mol. The zero-order valence-electron chi connectivity index (χ0n) is 12.2. The van der Waals surface area contributed by atoms with Crippen molar-refractivity contribution in [3.63, 3.8) is 0 Å². The van der Waals surface area contributed by atoms with Crippen molar-refractivity contribution in [1.82, 2.24) is 0 Å². The highest BCUT2D eigenvalue weighted by atomic mass is 19.4. The van der Waals surface area contributed by atoms with Crippen LogP contribution in [0.4, 0.5) is 23.2 Å². The molecule has 1 aromatic carbocycles. The van der Waals surface area contributed by atoms with E-state index in [0.29, 0.717) is 24.2 Å². The summed E-state index contributed by atoms with van der Waals surface area (Å²) in [6.07, 6.45) is -3.99. The van der Waals surface area contributed by atoms with Gasteiger partial charge < -0.3 is 10.6 Å². The van der Waals surface area contributed by atoms with Crippen LogP contribution in [0, 0.1) is 18.7 Å². The van der Waals surface area contributed by atoms with Crippen LogP contribution >= 0.6 is 0 Å². The number of aryl methyl sites for hydroxylation is 1. The molecule has 0 spiro atoms. The van der Waals surface area contributed by atoms with Gasteiger partial charge in [-0.15, -0.1) is 0 Å². The molecule has 2 N–H and O–H groups in total.